The third-order valence-corrected chi connectivity index (χ3v) is 5.47. The number of nitrogens with zero attached hydrogens (tertiary/aromatic N) is 6. The van der Waals surface area contributed by atoms with Gasteiger partial charge in [0.05, 0.1) is 17.3 Å². The minimum atomic E-state index is 0. The molecule has 0 bridgehead atoms. The monoisotopic (exact) mass is 678 g/mol. The smallest absolute Gasteiger partial charge is 0.373 e. The second-order valence-electron chi connectivity index (χ2n) is 8.36. The predicted octanol–water partition coefficient (Wildman–Crippen LogP) is 6.06. The van der Waals surface area contributed by atoms with E-state index >= 15 is 0 Å². The summed E-state index contributed by atoms with van der Waals surface area (Å²) in [5, 5.41) is 4.37. The number of benzene rings is 3. The van der Waals surface area contributed by atoms with Crippen LogP contribution in [0.25, 0.3) is 28.5 Å². The fraction of sp³-hybridized carbons (Fsp3) is 0.129. The molecular weight excluding hydrogens is 649 g/mol. The van der Waals surface area contributed by atoms with Gasteiger partial charge in [-0.25, -0.2) is 0 Å². The SMILES string of the molecule is Cc1cc(C)n(-c2[c-]cccc2)n1.Cn1ccnc1-c1[c-]cccc1.Cn1ccnc1-c1[c-]cccc1.[Ir+3]. The Morgan fingerprint density at radius 2 is 1.16 bits per heavy atom. The van der Waals surface area contributed by atoms with Crippen LogP contribution in [0.2, 0.25) is 0 Å². The van der Waals surface area contributed by atoms with E-state index in [0.717, 1.165) is 39.9 Å². The van der Waals surface area contributed by atoms with Crippen LogP contribution in [0.5, 0.6) is 0 Å². The number of para-hydroxylation sites is 1. The van der Waals surface area contributed by atoms with Gasteiger partial charge in [0.25, 0.3) is 0 Å². The summed E-state index contributed by atoms with van der Waals surface area (Å²) in [5.74, 6) is 1.91. The molecule has 3 aromatic heterocycles. The average molecular weight is 678 g/mol. The molecule has 0 fully saturated rings. The van der Waals surface area contributed by atoms with Crippen LogP contribution in [0, 0.1) is 32.0 Å². The molecule has 3 aromatic carbocycles. The van der Waals surface area contributed by atoms with Crippen molar-refractivity contribution in [3.8, 4) is 28.5 Å². The number of aryl methyl sites for hydroxylation is 4. The minimum absolute atomic E-state index is 0. The largest absolute Gasteiger partial charge is 3.00 e. The first kappa shape index (κ1) is 28.5. The Morgan fingerprint density at radius 3 is 1.50 bits per heavy atom. The fourth-order valence-electron chi connectivity index (χ4n) is 3.70. The second-order valence-corrected chi connectivity index (χ2v) is 8.36. The number of imidazole rings is 2. The first-order valence-corrected chi connectivity index (χ1v) is 11.9. The van der Waals surface area contributed by atoms with E-state index in [1.807, 2.05) is 127 Å². The Labute approximate surface area is 238 Å². The van der Waals surface area contributed by atoms with Gasteiger partial charge in [-0.3, -0.25) is 14.6 Å². The molecule has 0 radical (unpaired) electrons. The van der Waals surface area contributed by atoms with Crippen LogP contribution in [0.15, 0.2) is 104 Å². The van der Waals surface area contributed by atoms with Crippen LogP contribution in [0.4, 0.5) is 0 Å². The van der Waals surface area contributed by atoms with E-state index in [2.05, 4.69) is 39.3 Å². The molecule has 7 heteroatoms. The zero-order valence-electron chi connectivity index (χ0n) is 21.8. The molecular formula is C31H29IrN6. The zero-order chi connectivity index (χ0) is 26.0. The number of hydrogen-bond acceptors (Lipinski definition) is 3. The molecule has 0 N–H and O–H groups in total. The molecule has 0 saturated heterocycles. The van der Waals surface area contributed by atoms with Gasteiger partial charge in [0.1, 0.15) is 0 Å². The number of aromatic nitrogens is 6. The van der Waals surface area contributed by atoms with E-state index in [9.17, 15) is 0 Å². The molecule has 3 heterocycles. The molecule has 6 rings (SSSR count). The normalized spacial score (nSPS) is 9.89. The topological polar surface area (TPSA) is 53.5 Å². The van der Waals surface area contributed by atoms with E-state index in [-0.39, 0.29) is 20.1 Å². The minimum Gasteiger partial charge on any atom is -0.373 e. The van der Waals surface area contributed by atoms with Crippen LogP contribution in [-0.4, -0.2) is 28.9 Å². The van der Waals surface area contributed by atoms with Crippen molar-refractivity contribution in [1.82, 2.24) is 28.9 Å². The molecule has 6 aromatic rings. The summed E-state index contributed by atoms with van der Waals surface area (Å²) in [6.45, 7) is 4.04. The Kier molecular flexibility index (Phi) is 10.5. The number of hydrogen-bond donors (Lipinski definition) is 0. The Hall–Kier alpha value is -4.06. The predicted molar refractivity (Wildman–Crippen MR) is 147 cm³/mol. The van der Waals surface area contributed by atoms with E-state index in [0.29, 0.717) is 0 Å². The summed E-state index contributed by atoms with van der Waals surface area (Å²) in [6.07, 6.45) is 7.43. The molecule has 0 aliphatic rings. The summed E-state index contributed by atoms with van der Waals surface area (Å²) in [4.78, 5) is 8.44. The third kappa shape index (κ3) is 7.48. The van der Waals surface area contributed by atoms with Gasteiger partial charge in [0, 0.05) is 44.6 Å². The van der Waals surface area contributed by atoms with Gasteiger partial charge >= 0.3 is 20.1 Å². The maximum absolute atomic E-state index is 4.37. The summed E-state index contributed by atoms with van der Waals surface area (Å²) >= 11 is 0. The van der Waals surface area contributed by atoms with Gasteiger partial charge in [0.15, 0.2) is 0 Å². The second kappa shape index (κ2) is 14.0. The molecule has 0 unspecified atom stereocenters. The fourth-order valence-corrected chi connectivity index (χ4v) is 3.70. The van der Waals surface area contributed by atoms with Gasteiger partial charge in [0.2, 0.25) is 0 Å². The van der Waals surface area contributed by atoms with Crippen LogP contribution in [0.1, 0.15) is 11.4 Å². The van der Waals surface area contributed by atoms with Gasteiger partial charge < -0.3 is 9.13 Å². The average Bonchev–Trinajstić information content (AvgIpc) is 3.66. The number of rotatable bonds is 3. The molecule has 0 saturated carbocycles. The summed E-state index contributed by atoms with van der Waals surface area (Å²) < 4.78 is 5.85. The van der Waals surface area contributed by atoms with Gasteiger partial charge in [-0.2, -0.15) is 29.4 Å². The van der Waals surface area contributed by atoms with Crippen molar-refractivity contribution in [2.45, 2.75) is 13.8 Å². The first-order chi connectivity index (χ1) is 18.0. The van der Waals surface area contributed by atoms with E-state index in [4.69, 9.17) is 0 Å². The first-order valence-electron chi connectivity index (χ1n) is 11.9. The van der Waals surface area contributed by atoms with Crippen molar-refractivity contribution < 1.29 is 20.1 Å². The van der Waals surface area contributed by atoms with Crippen molar-refractivity contribution >= 4 is 0 Å². The van der Waals surface area contributed by atoms with Crippen molar-refractivity contribution in [1.29, 1.82) is 0 Å². The maximum Gasteiger partial charge on any atom is 3.00 e. The van der Waals surface area contributed by atoms with Crippen molar-refractivity contribution in [3.05, 3.63) is 133 Å². The molecule has 0 aliphatic heterocycles. The summed E-state index contributed by atoms with van der Waals surface area (Å²) in [6, 6.07) is 35.0. The molecule has 0 amide bonds. The summed E-state index contributed by atoms with van der Waals surface area (Å²) in [7, 11) is 3.95. The maximum atomic E-state index is 4.37. The Bertz CT molecular complexity index is 1430. The van der Waals surface area contributed by atoms with Gasteiger partial charge in [-0.05, 0) is 25.6 Å². The summed E-state index contributed by atoms with van der Waals surface area (Å²) in [5.41, 5.74) is 5.23. The van der Waals surface area contributed by atoms with Crippen LogP contribution in [0.3, 0.4) is 0 Å². The van der Waals surface area contributed by atoms with E-state index < -0.39 is 0 Å². The molecule has 192 valence electrons. The van der Waals surface area contributed by atoms with Gasteiger partial charge in [-0.15, -0.1) is 77.9 Å². The van der Waals surface area contributed by atoms with Crippen molar-refractivity contribution in [2.75, 3.05) is 0 Å². The zero-order valence-corrected chi connectivity index (χ0v) is 24.2. The quantitative estimate of drug-likeness (QED) is 0.214. The molecule has 0 atom stereocenters. The van der Waals surface area contributed by atoms with Crippen LogP contribution >= 0.6 is 0 Å². The van der Waals surface area contributed by atoms with E-state index in [1.165, 1.54) is 0 Å². The van der Waals surface area contributed by atoms with E-state index in [1.54, 1.807) is 12.4 Å². The molecule has 0 spiro atoms. The van der Waals surface area contributed by atoms with Crippen LogP contribution in [-0.2, 0) is 34.2 Å². The van der Waals surface area contributed by atoms with Gasteiger partial charge in [-0.1, -0.05) is 0 Å². The van der Waals surface area contributed by atoms with Crippen LogP contribution < -0.4 is 0 Å². The van der Waals surface area contributed by atoms with Crippen molar-refractivity contribution in [2.24, 2.45) is 14.1 Å². The molecule has 38 heavy (non-hydrogen) atoms. The standard InChI is InChI=1S/C11H11N2.2C10H9N2.Ir/c1-9-8-10(2)13(12-9)11-6-4-3-5-7-11;2*1-12-8-7-11-10(12)9-5-3-2-4-6-9;/h3-6,8H,1-2H3;2*2-5,7-8H,1H3;/q3*-1;+3. The molecule has 0 aliphatic carbocycles. The Balaban J connectivity index is 0.000000156. The molecule has 6 nitrogen and oxygen atoms in total. The Morgan fingerprint density at radius 1 is 0.658 bits per heavy atom. The third-order valence-electron chi connectivity index (χ3n) is 5.47. The van der Waals surface area contributed by atoms with Crippen molar-refractivity contribution in [3.63, 3.8) is 0 Å².